The summed E-state index contributed by atoms with van der Waals surface area (Å²) in [6.07, 6.45) is 2.29. The van der Waals surface area contributed by atoms with Gasteiger partial charge in [0, 0.05) is 62.6 Å². The maximum absolute atomic E-state index is 10.7. The Morgan fingerprint density at radius 1 is 1.08 bits per heavy atom. The molecule has 2 N–H and O–H groups in total. The fraction of sp³-hybridized carbons (Fsp3) is 0.700. The molecule has 1 aromatic carbocycles. The molecule has 1 atom stereocenters. The average Bonchev–Trinajstić information content (AvgIpc) is 2.58. The molecule has 6 heteroatoms. The number of halogens is 2. The van der Waals surface area contributed by atoms with Gasteiger partial charge >= 0.3 is 0 Å². The predicted octanol–water partition coefficient (Wildman–Crippen LogP) is 4.46. The molecule has 152 valence electrons. The molecule has 2 rings (SSSR count). The molecule has 4 nitrogen and oxygen atoms in total. The van der Waals surface area contributed by atoms with E-state index in [0.29, 0.717) is 17.7 Å². The van der Waals surface area contributed by atoms with E-state index in [4.69, 9.17) is 0 Å². The molecule has 0 saturated carbocycles. The maximum atomic E-state index is 10.7. The Kier molecular flexibility index (Phi) is 12.3. The number of hydrogen-bond donors (Lipinski definition) is 2. The van der Waals surface area contributed by atoms with Crippen molar-refractivity contribution < 1.29 is 5.11 Å². The van der Waals surface area contributed by atoms with E-state index in [1.165, 1.54) is 6.42 Å². The van der Waals surface area contributed by atoms with Crippen LogP contribution < -0.4 is 10.2 Å². The number of nitrogens with zero attached hydrogens (tertiary/aromatic N) is 2. The summed E-state index contributed by atoms with van der Waals surface area (Å²) in [7, 11) is 0. The van der Waals surface area contributed by atoms with E-state index in [2.05, 4.69) is 54.9 Å². The van der Waals surface area contributed by atoms with Crippen LogP contribution in [0.1, 0.15) is 52.1 Å². The first-order chi connectivity index (χ1) is 11.6. The lowest BCUT2D eigenvalue weighted by atomic mass is 9.94. The smallest absolute Gasteiger partial charge is 0.122 e. The summed E-state index contributed by atoms with van der Waals surface area (Å²) in [5.74, 6) is 1.14. The Morgan fingerprint density at radius 2 is 1.69 bits per heavy atom. The summed E-state index contributed by atoms with van der Waals surface area (Å²) in [6, 6.07) is 6.59. The summed E-state index contributed by atoms with van der Waals surface area (Å²) >= 11 is 0. The lowest BCUT2D eigenvalue weighted by molar-refractivity contribution is 0.157. The van der Waals surface area contributed by atoms with Crippen molar-refractivity contribution in [1.82, 2.24) is 10.2 Å². The SMILES string of the molecule is CCN(CC)c1ccc([C@@H](CCC(C)C)N2CCNCC2)c(O)c1.Cl.Cl. The Bertz CT molecular complexity index is 504. The van der Waals surface area contributed by atoms with E-state index in [-0.39, 0.29) is 24.8 Å². The van der Waals surface area contributed by atoms with Crippen LogP contribution in [0.3, 0.4) is 0 Å². The van der Waals surface area contributed by atoms with Crippen LogP contribution in [0.25, 0.3) is 0 Å². The Morgan fingerprint density at radius 3 is 2.19 bits per heavy atom. The minimum absolute atomic E-state index is 0. The second-order valence-electron chi connectivity index (χ2n) is 7.19. The van der Waals surface area contributed by atoms with E-state index >= 15 is 0 Å². The molecule has 0 aromatic heterocycles. The molecule has 1 heterocycles. The summed E-state index contributed by atoms with van der Waals surface area (Å²) in [5, 5.41) is 14.2. The second kappa shape index (κ2) is 12.7. The van der Waals surface area contributed by atoms with Crippen LogP contribution in [-0.4, -0.2) is 49.3 Å². The van der Waals surface area contributed by atoms with Gasteiger partial charge < -0.3 is 15.3 Å². The van der Waals surface area contributed by atoms with Gasteiger partial charge in [0.2, 0.25) is 0 Å². The zero-order valence-corrected chi connectivity index (χ0v) is 18.3. The fourth-order valence-electron chi connectivity index (χ4n) is 3.62. The lowest BCUT2D eigenvalue weighted by Gasteiger charge is -2.36. The first kappa shape index (κ1) is 25.3. The number of nitrogens with one attached hydrogen (secondary N) is 1. The van der Waals surface area contributed by atoms with E-state index in [0.717, 1.165) is 56.9 Å². The first-order valence-corrected chi connectivity index (χ1v) is 9.59. The fourth-order valence-corrected chi connectivity index (χ4v) is 3.62. The third kappa shape index (κ3) is 6.80. The molecule has 1 aromatic rings. The van der Waals surface area contributed by atoms with Crippen molar-refractivity contribution in [2.75, 3.05) is 44.2 Å². The minimum atomic E-state index is 0. The van der Waals surface area contributed by atoms with Gasteiger partial charge in [-0.05, 0) is 38.7 Å². The van der Waals surface area contributed by atoms with E-state index in [1.54, 1.807) is 0 Å². The van der Waals surface area contributed by atoms with E-state index in [9.17, 15) is 5.11 Å². The van der Waals surface area contributed by atoms with E-state index < -0.39 is 0 Å². The molecule has 1 fully saturated rings. The lowest BCUT2D eigenvalue weighted by Crippen LogP contribution is -2.45. The number of rotatable bonds is 8. The number of benzene rings is 1. The summed E-state index contributed by atoms with van der Waals surface area (Å²) in [4.78, 5) is 4.81. The largest absolute Gasteiger partial charge is 0.508 e. The van der Waals surface area contributed by atoms with Gasteiger partial charge in [-0.1, -0.05) is 19.9 Å². The van der Waals surface area contributed by atoms with Gasteiger partial charge in [0.05, 0.1) is 0 Å². The highest BCUT2D eigenvalue weighted by Crippen LogP contribution is 2.35. The van der Waals surface area contributed by atoms with Gasteiger partial charge in [-0.2, -0.15) is 0 Å². The predicted molar refractivity (Wildman–Crippen MR) is 117 cm³/mol. The van der Waals surface area contributed by atoms with Crippen molar-refractivity contribution in [1.29, 1.82) is 0 Å². The molecule has 1 aliphatic heterocycles. The zero-order chi connectivity index (χ0) is 17.5. The standard InChI is InChI=1S/C20H35N3O.2ClH/c1-5-22(6-2)17-8-9-18(20(24)15-17)19(10-7-16(3)4)23-13-11-21-12-14-23;;/h8-9,15-16,19,21,24H,5-7,10-14H2,1-4H3;2*1H/t19-;;/m1../s1. The van der Waals surface area contributed by atoms with Crippen LogP contribution in [0.5, 0.6) is 5.75 Å². The highest BCUT2D eigenvalue weighted by Gasteiger charge is 2.25. The molecule has 26 heavy (non-hydrogen) atoms. The van der Waals surface area contributed by atoms with Crippen LogP contribution in [0.4, 0.5) is 5.69 Å². The molecule has 0 bridgehead atoms. The molecular formula is C20H37Cl2N3O. The van der Waals surface area contributed by atoms with Gasteiger partial charge in [-0.3, -0.25) is 4.90 Å². The molecule has 0 amide bonds. The minimum Gasteiger partial charge on any atom is -0.508 e. The summed E-state index contributed by atoms with van der Waals surface area (Å²) in [6.45, 7) is 15.0. The third-order valence-electron chi connectivity index (χ3n) is 5.11. The van der Waals surface area contributed by atoms with Gasteiger partial charge in [-0.25, -0.2) is 0 Å². The second-order valence-corrected chi connectivity index (χ2v) is 7.19. The van der Waals surface area contributed by atoms with Crippen molar-refractivity contribution in [3.8, 4) is 5.75 Å². The third-order valence-corrected chi connectivity index (χ3v) is 5.11. The van der Waals surface area contributed by atoms with Gasteiger partial charge in [0.25, 0.3) is 0 Å². The van der Waals surface area contributed by atoms with Crippen LogP contribution >= 0.6 is 24.8 Å². The quantitative estimate of drug-likeness (QED) is 0.669. The van der Waals surface area contributed by atoms with Gasteiger partial charge in [0.1, 0.15) is 5.75 Å². The van der Waals surface area contributed by atoms with Crippen LogP contribution in [-0.2, 0) is 0 Å². The number of phenols is 1. The number of aromatic hydroxyl groups is 1. The Labute approximate surface area is 172 Å². The van der Waals surface area contributed by atoms with Crippen molar-refractivity contribution in [3.63, 3.8) is 0 Å². The highest BCUT2D eigenvalue weighted by atomic mass is 35.5. The van der Waals surface area contributed by atoms with Crippen LogP contribution in [0.2, 0.25) is 0 Å². The Balaban J connectivity index is 0.00000312. The van der Waals surface area contributed by atoms with Crippen molar-refractivity contribution in [2.24, 2.45) is 5.92 Å². The van der Waals surface area contributed by atoms with Gasteiger partial charge in [0.15, 0.2) is 0 Å². The Hall–Kier alpha value is -0.680. The average molecular weight is 406 g/mol. The first-order valence-electron chi connectivity index (χ1n) is 9.59. The molecule has 1 saturated heterocycles. The number of piperazine rings is 1. The summed E-state index contributed by atoms with van der Waals surface area (Å²) < 4.78 is 0. The maximum Gasteiger partial charge on any atom is 0.122 e. The highest BCUT2D eigenvalue weighted by molar-refractivity contribution is 5.85. The monoisotopic (exact) mass is 405 g/mol. The number of anilines is 1. The molecule has 0 radical (unpaired) electrons. The molecule has 1 aliphatic rings. The van der Waals surface area contributed by atoms with E-state index in [1.807, 2.05) is 6.07 Å². The van der Waals surface area contributed by atoms with Crippen LogP contribution in [0, 0.1) is 5.92 Å². The molecule has 0 spiro atoms. The van der Waals surface area contributed by atoms with Crippen LogP contribution in [0.15, 0.2) is 18.2 Å². The number of hydrogen-bond acceptors (Lipinski definition) is 4. The van der Waals surface area contributed by atoms with Crippen molar-refractivity contribution in [3.05, 3.63) is 23.8 Å². The van der Waals surface area contributed by atoms with Crippen molar-refractivity contribution >= 4 is 30.5 Å². The molecule has 0 aliphatic carbocycles. The topological polar surface area (TPSA) is 38.7 Å². The molecule has 0 unspecified atom stereocenters. The van der Waals surface area contributed by atoms with Crippen molar-refractivity contribution in [2.45, 2.75) is 46.6 Å². The zero-order valence-electron chi connectivity index (χ0n) is 16.7. The normalized spacial score (nSPS) is 15.9. The summed E-state index contributed by atoms with van der Waals surface area (Å²) in [5.41, 5.74) is 2.21. The van der Waals surface area contributed by atoms with Gasteiger partial charge in [-0.15, -0.1) is 24.8 Å². The molecular weight excluding hydrogens is 369 g/mol. The number of phenolic OH excluding ortho intramolecular Hbond substituents is 1.